The quantitative estimate of drug-likeness (QED) is 0.510. The van der Waals surface area contributed by atoms with Crippen LogP contribution < -0.4 is 16.4 Å². The fraction of sp³-hybridized carbons (Fsp3) is 0.556. The number of amides is 2. The minimum atomic E-state index is -0.353. The normalized spacial score (nSPS) is 10.0. The van der Waals surface area contributed by atoms with E-state index in [1.54, 1.807) is 10.9 Å². The summed E-state index contributed by atoms with van der Waals surface area (Å²) in [6.07, 6.45) is 2.19. The molecule has 0 bridgehead atoms. The molecule has 0 aliphatic carbocycles. The second-order valence-corrected chi connectivity index (χ2v) is 3.44. The molecular weight excluding hydrogens is 224 g/mol. The fourth-order valence-electron chi connectivity index (χ4n) is 1.16. The second kappa shape index (κ2) is 6.59. The molecule has 0 aliphatic heterocycles. The van der Waals surface area contributed by atoms with Crippen molar-refractivity contribution in [1.82, 2.24) is 25.4 Å². The maximum Gasteiger partial charge on any atom is 0.239 e. The van der Waals surface area contributed by atoms with Crippen LogP contribution in [-0.2, 0) is 23.1 Å². The average molecular weight is 240 g/mol. The SMILES string of the molecule is Cn1cnnc1CCNC(=O)CNC(=O)CN. The van der Waals surface area contributed by atoms with Gasteiger partial charge in [0.1, 0.15) is 12.2 Å². The van der Waals surface area contributed by atoms with Crippen LogP contribution in [0.25, 0.3) is 0 Å². The van der Waals surface area contributed by atoms with Gasteiger partial charge in [0.15, 0.2) is 0 Å². The lowest BCUT2D eigenvalue weighted by atomic mass is 10.4. The van der Waals surface area contributed by atoms with Gasteiger partial charge in [-0.3, -0.25) is 9.59 Å². The molecule has 1 heterocycles. The largest absolute Gasteiger partial charge is 0.354 e. The molecule has 0 radical (unpaired) electrons. The molecule has 4 N–H and O–H groups in total. The number of aryl methyl sites for hydroxylation is 1. The molecule has 17 heavy (non-hydrogen) atoms. The van der Waals surface area contributed by atoms with E-state index in [-0.39, 0.29) is 24.9 Å². The number of aromatic nitrogens is 3. The molecule has 8 nitrogen and oxygen atoms in total. The lowest BCUT2D eigenvalue weighted by Gasteiger charge is -2.05. The summed E-state index contributed by atoms with van der Waals surface area (Å²) in [6, 6.07) is 0. The van der Waals surface area contributed by atoms with Gasteiger partial charge in [-0.15, -0.1) is 10.2 Å². The number of carbonyl (C=O) groups excluding carboxylic acids is 2. The van der Waals surface area contributed by atoms with E-state index in [9.17, 15) is 9.59 Å². The number of hydrogen-bond acceptors (Lipinski definition) is 5. The predicted molar refractivity (Wildman–Crippen MR) is 59.8 cm³/mol. The molecule has 1 rings (SSSR count). The van der Waals surface area contributed by atoms with E-state index in [0.717, 1.165) is 5.82 Å². The standard InChI is InChI=1S/C9H16N6O2/c1-15-6-13-14-7(15)2-3-11-9(17)5-12-8(16)4-10/h6H,2-5,10H2,1H3,(H,11,17)(H,12,16). The molecule has 0 spiro atoms. The van der Waals surface area contributed by atoms with E-state index in [0.29, 0.717) is 13.0 Å². The first-order chi connectivity index (χ1) is 8.13. The molecular formula is C9H16N6O2. The summed E-state index contributed by atoms with van der Waals surface area (Å²) >= 11 is 0. The fourth-order valence-corrected chi connectivity index (χ4v) is 1.16. The number of rotatable bonds is 6. The van der Waals surface area contributed by atoms with Gasteiger partial charge in [0.2, 0.25) is 11.8 Å². The molecule has 0 unspecified atom stereocenters. The molecule has 0 aliphatic rings. The van der Waals surface area contributed by atoms with Gasteiger partial charge in [-0.2, -0.15) is 0 Å². The van der Waals surface area contributed by atoms with E-state index in [1.807, 2.05) is 7.05 Å². The Balaban J connectivity index is 2.16. The van der Waals surface area contributed by atoms with Crippen LogP contribution in [0.1, 0.15) is 5.82 Å². The Morgan fingerprint density at radius 2 is 2.18 bits per heavy atom. The Hall–Kier alpha value is -1.96. The summed E-state index contributed by atoms with van der Waals surface area (Å²) in [4.78, 5) is 22.1. The van der Waals surface area contributed by atoms with Gasteiger partial charge in [-0.05, 0) is 0 Å². The topological polar surface area (TPSA) is 115 Å². The molecule has 1 aromatic rings. The first-order valence-corrected chi connectivity index (χ1v) is 5.20. The van der Waals surface area contributed by atoms with Crippen LogP contribution in [-0.4, -0.2) is 46.2 Å². The Morgan fingerprint density at radius 1 is 1.41 bits per heavy atom. The van der Waals surface area contributed by atoms with Gasteiger partial charge < -0.3 is 20.9 Å². The number of nitrogens with two attached hydrogens (primary N) is 1. The lowest BCUT2D eigenvalue weighted by Crippen LogP contribution is -2.40. The lowest BCUT2D eigenvalue weighted by molar-refractivity contribution is -0.125. The Kier molecular flexibility index (Phi) is 5.08. The van der Waals surface area contributed by atoms with Crippen LogP contribution in [0.15, 0.2) is 6.33 Å². The third-order valence-corrected chi connectivity index (χ3v) is 2.11. The average Bonchev–Trinajstić information content (AvgIpc) is 2.72. The maximum atomic E-state index is 11.3. The van der Waals surface area contributed by atoms with Gasteiger partial charge in [-0.25, -0.2) is 0 Å². The van der Waals surface area contributed by atoms with Crippen molar-refractivity contribution in [1.29, 1.82) is 0 Å². The van der Waals surface area contributed by atoms with E-state index < -0.39 is 0 Å². The summed E-state index contributed by atoms with van der Waals surface area (Å²) < 4.78 is 1.78. The van der Waals surface area contributed by atoms with Crippen molar-refractivity contribution < 1.29 is 9.59 Å². The third kappa shape index (κ3) is 4.60. The molecule has 94 valence electrons. The summed E-state index contributed by atoms with van der Waals surface area (Å²) in [7, 11) is 1.83. The van der Waals surface area contributed by atoms with E-state index in [1.165, 1.54) is 0 Å². The summed E-state index contributed by atoms with van der Waals surface area (Å²) in [6.45, 7) is 0.269. The van der Waals surface area contributed by atoms with Crippen LogP contribution in [0, 0.1) is 0 Å². The monoisotopic (exact) mass is 240 g/mol. The first kappa shape index (κ1) is 13.1. The highest BCUT2D eigenvalue weighted by Gasteiger charge is 2.04. The van der Waals surface area contributed by atoms with Gasteiger partial charge in [-0.1, -0.05) is 0 Å². The van der Waals surface area contributed by atoms with Crippen molar-refractivity contribution in [2.45, 2.75) is 6.42 Å². The molecule has 0 saturated carbocycles. The molecule has 0 saturated heterocycles. The first-order valence-electron chi connectivity index (χ1n) is 5.20. The highest BCUT2D eigenvalue weighted by atomic mass is 16.2. The van der Waals surface area contributed by atoms with Crippen LogP contribution >= 0.6 is 0 Å². The van der Waals surface area contributed by atoms with E-state index >= 15 is 0 Å². The molecule has 0 fully saturated rings. The van der Waals surface area contributed by atoms with Gasteiger partial charge in [0, 0.05) is 20.0 Å². The number of nitrogens with zero attached hydrogens (tertiary/aromatic N) is 3. The smallest absolute Gasteiger partial charge is 0.239 e. The zero-order valence-corrected chi connectivity index (χ0v) is 9.64. The van der Waals surface area contributed by atoms with Crippen LogP contribution in [0.5, 0.6) is 0 Å². The van der Waals surface area contributed by atoms with Crippen molar-refractivity contribution in [3.8, 4) is 0 Å². The molecule has 0 atom stereocenters. The van der Waals surface area contributed by atoms with Crippen LogP contribution in [0.3, 0.4) is 0 Å². The second-order valence-electron chi connectivity index (χ2n) is 3.44. The van der Waals surface area contributed by atoms with Crippen molar-refractivity contribution in [3.05, 3.63) is 12.2 Å². The Bertz CT molecular complexity index is 389. The zero-order valence-electron chi connectivity index (χ0n) is 9.64. The van der Waals surface area contributed by atoms with Crippen LogP contribution in [0.2, 0.25) is 0 Å². The summed E-state index contributed by atoms with van der Waals surface area (Å²) in [5.74, 6) is 0.179. The minimum absolute atomic E-state index is 0.0607. The van der Waals surface area contributed by atoms with Gasteiger partial charge in [0.05, 0.1) is 13.1 Å². The number of hydrogen-bond donors (Lipinski definition) is 3. The highest BCUT2D eigenvalue weighted by molar-refractivity contribution is 5.85. The van der Waals surface area contributed by atoms with Crippen molar-refractivity contribution in [3.63, 3.8) is 0 Å². The maximum absolute atomic E-state index is 11.3. The Morgan fingerprint density at radius 3 is 2.76 bits per heavy atom. The third-order valence-electron chi connectivity index (χ3n) is 2.11. The molecule has 1 aromatic heterocycles. The summed E-state index contributed by atoms with van der Waals surface area (Å²) in [5, 5.41) is 12.6. The number of carbonyl (C=O) groups is 2. The minimum Gasteiger partial charge on any atom is -0.354 e. The van der Waals surface area contributed by atoms with Gasteiger partial charge >= 0.3 is 0 Å². The van der Waals surface area contributed by atoms with E-state index in [4.69, 9.17) is 5.73 Å². The number of nitrogens with one attached hydrogen (secondary N) is 2. The van der Waals surface area contributed by atoms with Gasteiger partial charge in [0.25, 0.3) is 0 Å². The molecule has 2 amide bonds. The summed E-state index contributed by atoms with van der Waals surface area (Å²) in [5.41, 5.74) is 5.08. The highest BCUT2D eigenvalue weighted by Crippen LogP contribution is 1.90. The van der Waals surface area contributed by atoms with E-state index in [2.05, 4.69) is 20.8 Å². The zero-order chi connectivity index (χ0) is 12.7. The molecule has 8 heteroatoms. The Labute approximate surface area is 98.6 Å². The predicted octanol–water partition coefficient (Wildman–Crippen LogP) is -2.45. The molecule has 0 aromatic carbocycles. The van der Waals surface area contributed by atoms with Crippen molar-refractivity contribution in [2.75, 3.05) is 19.6 Å². The van der Waals surface area contributed by atoms with Crippen molar-refractivity contribution >= 4 is 11.8 Å². The van der Waals surface area contributed by atoms with Crippen LogP contribution in [0.4, 0.5) is 0 Å². The van der Waals surface area contributed by atoms with Crippen molar-refractivity contribution in [2.24, 2.45) is 12.8 Å².